The van der Waals surface area contributed by atoms with Crippen molar-refractivity contribution in [3.63, 3.8) is 0 Å². The Hall–Kier alpha value is -3.98. The average Bonchev–Trinajstić information content (AvgIpc) is 2.88. The fraction of sp³-hybridized carbons (Fsp3) is 0.400. The zero-order valence-corrected chi connectivity index (χ0v) is 23.4. The Morgan fingerprint density at radius 1 is 0.923 bits per heavy atom. The van der Waals surface area contributed by atoms with E-state index >= 15 is 0 Å². The number of aliphatic carboxylic acids is 1. The molecule has 0 saturated heterocycles. The Kier molecular flexibility index (Phi) is 14.8. The van der Waals surface area contributed by atoms with Gasteiger partial charge in [0.05, 0.1) is 12.0 Å². The number of rotatable bonds is 14. The minimum atomic E-state index is -1.15. The van der Waals surface area contributed by atoms with E-state index in [0.29, 0.717) is 36.1 Å². The summed E-state index contributed by atoms with van der Waals surface area (Å²) in [5.41, 5.74) is 1.96. The molecular formula is C30H39NO8. The van der Waals surface area contributed by atoms with Crippen LogP contribution in [0.5, 0.6) is 11.5 Å². The van der Waals surface area contributed by atoms with Crippen LogP contribution in [0.2, 0.25) is 0 Å². The SMILES string of the molecule is CC(C)C(=O)Oc1ccc(OC=O)cc1C(CCN(C(C)C)C(C)C)c1ccccc1.O=CO/C=C/C(=O)O. The molecular weight excluding hydrogens is 502 g/mol. The predicted molar refractivity (Wildman–Crippen MR) is 147 cm³/mol. The summed E-state index contributed by atoms with van der Waals surface area (Å²) in [6, 6.07) is 16.2. The van der Waals surface area contributed by atoms with Crippen LogP contribution in [-0.2, 0) is 23.9 Å². The quantitative estimate of drug-likeness (QED) is 0.113. The second-order valence-electron chi connectivity index (χ2n) is 9.54. The number of carboxylic acid groups (broad SMARTS) is 1. The zero-order valence-electron chi connectivity index (χ0n) is 23.4. The molecule has 0 spiro atoms. The first-order chi connectivity index (χ1) is 18.5. The van der Waals surface area contributed by atoms with E-state index in [1.165, 1.54) is 0 Å². The monoisotopic (exact) mass is 541 g/mol. The fourth-order valence-electron chi connectivity index (χ4n) is 3.95. The van der Waals surface area contributed by atoms with Gasteiger partial charge in [0.2, 0.25) is 0 Å². The molecule has 0 aliphatic rings. The van der Waals surface area contributed by atoms with Gasteiger partial charge in [0.25, 0.3) is 12.9 Å². The third-order valence-electron chi connectivity index (χ3n) is 5.77. The Bertz CT molecular complexity index is 1070. The molecule has 2 rings (SSSR count). The van der Waals surface area contributed by atoms with Crippen LogP contribution in [0.4, 0.5) is 0 Å². The third-order valence-corrected chi connectivity index (χ3v) is 5.77. The molecule has 0 aliphatic heterocycles. The summed E-state index contributed by atoms with van der Waals surface area (Å²) < 4.78 is 14.8. The molecule has 2 aromatic rings. The first kappa shape index (κ1) is 33.0. The van der Waals surface area contributed by atoms with Gasteiger partial charge in [-0.3, -0.25) is 19.3 Å². The Morgan fingerprint density at radius 3 is 2.08 bits per heavy atom. The number of carbonyl (C=O) groups excluding carboxylic acids is 3. The summed E-state index contributed by atoms with van der Waals surface area (Å²) in [6.07, 6.45) is 2.33. The number of carbonyl (C=O) groups is 4. The van der Waals surface area contributed by atoms with Crippen LogP contribution >= 0.6 is 0 Å². The maximum Gasteiger partial charge on any atom is 0.331 e. The van der Waals surface area contributed by atoms with Crippen LogP contribution in [0.3, 0.4) is 0 Å². The van der Waals surface area contributed by atoms with E-state index in [0.717, 1.165) is 30.4 Å². The first-order valence-corrected chi connectivity index (χ1v) is 12.8. The van der Waals surface area contributed by atoms with Crippen molar-refractivity contribution in [3.05, 3.63) is 72.0 Å². The average molecular weight is 542 g/mol. The molecule has 0 radical (unpaired) electrons. The number of ether oxygens (including phenoxy) is 3. The van der Waals surface area contributed by atoms with Gasteiger partial charge in [-0.15, -0.1) is 0 Å². The van der Waals surface area contributed by atoms with Crippen molar-refractivity contribution in [2.45, 2.75) is 66.0 Å². The van der Waals surface area contributed by atoms with Gasteiger partial charge in [-0.1, -0.05) is 44.2 Å². The van der Waals surface area contributed by atoms with Crippen molar-refractivity contribution in [3.8, 4) is 11.5 Å². The Balaban J connectivity index is 0.000000824. The predicted octanol–water partition coefficient (Wildman–Crippen LogP) is 5.18. The van der Waals surface area contributed by atoms with Crippen molar-refractivity contribution in [1.29, 1.82) is 0 Å². The van der Waals surface area contributed by atoms with Gasteiger partial charge in [-0.25, -0.2) is 4.79 Å². The van der Waals surface area contributed by atoms with Crippen LogP contribution in [-0.4, -0.2) is 53.5 Å². The minimum Gasteiger partial charge on any atom is -0.478 e. The van der Waals surface area contributed by atoms with Crippen LogP contribution < -0.4 is 9.47 Å². The fourth-order valence-corrected chi connectivity index (χ4v) is 3.95. The highest BCUT2D eigenvalue weighted by Crippen LogP contribution is 2.37. The van der Waals surface area contributed by atoms with E-state index in [2.05, 4.69) is 49.5 Å². The number of hydrogen-bond acceptors (Lipinski definition) is 8. The largest absolute Gasteiger partial charge is 0.478 e. The van der Waals surface area contributed by atoms with E-state index in [1.54, 1.807) is 12.1 Å². The van der Waals surface area contributed by atoms with Gasteiger partial charge in [0.15, 0.2) is 0 Å². The molecule has 212 valence electrons. The summed E-state index contributed by atoms with van der Waals surface area (Å²) in [4.78, 5) is 44.6. The lowest BCUT2D eigenvalue weighted by molar-refractivity contribution is -0.138. The molecule has 0 fully saturated rings. The maximum absolute atomic E-state index is 12.4. The molecule has 1 atom stereocenters. The van der Waals surface area contributed by atoms with Gasteiger partial charge >= 0.3 is 11.9 Å². The van der Waals surface area contributed by atoms with Gasteiger partial charge in [-0.2, -0.15) is 0 Å². The molecule has 1 unspecified atom stereocenters. The van der Waals surface area contributed by atoms with Crippen molar-refractivity contribution in [2.75, 3.05) is 6.54 Å². The second-order valence-corrected chi connectivity index (χ2v) is 9.54. The molecule has 0 amide bonds. The number of hydrogen-bond donors (Lipinski definition) is 1. The van der Waals surface area contributed by atoms with E-state index in [-0.39, 0.29) is 24.3 Å². The lowest BCUT2D eigenvalue weighted by Gasteiger charge is -2.32. The summed E-state index contributed by atoms with van der Waals surface area (Å²) in [6.45, 7) is 13.9. The number of esters is 1. The third kappa shape index (κ3) is 12.0. The number of benzene rings is 2. The summed E-state index contributed by atoms with van der Waals surface area (Å²) in [5, 5.41) is 7.86. The lowest BCUT2D eigenvalue weighted by Crippen LogP contribution is -2.38. The molecule has 0 aliphatic carbocycles. The molecule has 9 heteroatoms. The molecule has 0 saturated carbocycles. The van der Waals surface area contributed by atoms with Crippen LogP contribution in [0.25, 0.3) is 0 Å². The van der Waals surface area contributed by atoms with Crippen LogP contribution in [0, 0.1) is 5.92 Å². The van der Waals surface area contributed by atoms with Gasteiger partial charge in [-0.05, 0) is 64.4 Å². The zero-order chi connectivity index (χ0) is 29.4. The van der Waals surface area contributed by atoms with Crippen LogP contribution in [0.15, 0.2) is 60.9 Å². The van der Waals surface area contributed by atoms with E-state index < -0.39 is 5.97 Å². The maximum atomic E-state index is 12.4. The molecule has 0 bridgehead atoms. The van der Waals surface area contributed by atoms with Crippen LogP contribution in [0.1, 0.15) is 65.0 Å². The van der Waals surface area contributed by atoms with Gasteiger partial charge < -0.3 is 19.3 Å². The van der Waals surface area contributed by atoms with Crippen molar-refractivity contribution in [2.24, 2.45) is 5.92 Å². The number of carboxylic acids is 1. The number of nitrogens with zero attached hydrogens (tertiary/aromatic N) is 1. The first-order valence-electron chi connectivity index (χ1n) is 12.8. The molecule has 1 N–H and O–H groups in total. The Morgan fingerprint density at radius 2 is 1.56 bits per heavy atom. The topological polar surface area (TPSA) is 119 Å². The van der Waals surface area contributed by atoms with Crippen molar-refractivity contribution >= 4 is 24.9 Å². The highest BCUT2D eigenvalue weighted by atomic mass is 16.5. The smallest absolute Gasteiger partial charge is 0.331 e. The Labute approximate surface area is 230 Å². The van der Waals surface area contributed by atoms with E-state index in [4.69, 9.17) is 14.6 Å². The summed E-state index contributed by atoms with van der Waals surface area (Å²) in [7, 11) is 0. The highest BCUT2D eigenvalue weighted by Gasteiger charge is 2.24. The minimum absolute atomic E-state index is 0.0219. The van der Waals surface area contributed by atoms with Gasteiger partial charge in [0, 0.05) is 23.6 Å². The normalized spacial score (nSPS) is 11.7. The molecule has 39 heavy (non-hydrogen) atoms. The molecule has 2 aromatic carbocycles. The van der Waals surface area contributed by atoms with E-state index in [9.17, 15) is 19.2 Å². The second kappa shape index (κ2) is 17.5. The molecule has 9 nitrogen and oxygen atoms in total. The van der Waals surface area contributed by atoms with Gasteiger partial charge in [0.1, 0.15) is 17.8 Å². The molecule has 0 heterocycles. The van der Waals surface area contributed by atoms with Crippen molar-refractivity contribution in [1.82, 2.24) is 4.90 Å². The summed E-state index contributed by atoms with van der Waals surface area (Å²) >= 11 is 0. The van der Waals surface area contributed by atoms with E-state index in [1.807, 2.05) is 38.1 Å². The van der Waals surface area contributed by atoms with Crippen molar-refractivity contribution < 1.29 is 38.5 Å². The standard InChI is InChI=1S/C26H35NO4.C4H4O4/c1-18(2)26(29)31-25-13-12-22(30-17-28)16-24(25)23(21-10-8-7-9-11-21)14-15-27(19(3)4)20(5)6;5-3-8-2-1-4(6)7/h7-13,16-20,23H,14-15H2,1-6H3;1-3H,(H,6,7)/b;2-1+. The summed E-state index contributed by atoms with van der Waals surface area (Å²) in [5.74, 6) is -0.765. The molecule has 0 aromatic heterocycles. The highest BCUT2D eigenvalue weighted by molar-refractivity contribution is 5.79. The lowest BCUT2D eigenvalue weighted by atomic mass is 9.87.